The third kappa shape index (κ3) is 2.46. The third-order valence-electron chi connectivity index (χ3n) is 2.54. The Labute approximate surface area is 96.9 Å². The van der Waals surface area contributed by atoms with E-state index in [9.17, 15) is 13.2 Å². The quantitative estimate of drug-likeness (QED) is 0.728. The smallest absolute Gasteiger partial charge is 0.264 e. The van der Waals surface area contributed by atoms with Gasteiger partial charge in [0, 0.05) is 18.0 Å². The summed E-state index contributed by atoms with van der Waals surface area (Å²) in [6.07, 6.45) is -1.17. The van der Waals surface area contributed by atoms with Gasteiger partial charge >= 0.3 is 6.18 Å². The second-order valence-corrected chi connectivity index (χ2v) is 3.77. The minimum absolute atomic E-state index is 0.563. The minimum atomic E-state index is -4.31. The Kier molecular flexibility index (Phi) is 2.88. The Bertz CT molecular complexity index is 518. The first-order valence-electron chi connectivity index (χ1n) is 5.07. The van der Waals surface area contributed by atoms with E-state index in [2.05, 4.69) is 4.98 Å². The summed E-state index contributed by atoms with van der Waals surface area (Å²) in [6, 6.07) is 7.18. The fourth-order valence-electron chi connectivity index (χ4n) is 1.63. The van der Waals surface area contributed by atoms with Crippen LogP contribution in [0.1, 0.15) is 11.1 Å². The maximum Gasteiger partial charge on any atom is 0.416 e. The van der Waals surface area contributed by atoms with Crippen molar-refractivity contribution in [1.29, 1.82) is 0 Å². The summed E-state index contributed by atoms with van der Waals surface area (Å²) in [5, 5.41) is 0. The summed E-state index contributed by atoms with van der Waals surface area (Å²) in [4.78, 5) is 3.91. The average molecular weight is 237 g/mol. The molecule has 0 spiro atoms. The van der Waals surface area contributed by atoms with Crippen molar-refractivity contribution in [3.8, 4) is 11.1 Å². The Hall–Kier alpha value is -1.84. The van der Waals surface area contributed by atoms with Crippen LogP contribution in [0, 0.1) is 6.92 Å². The number of hydrogen-bond donors (Lipinski definition) is 0. The average Bonchev–Trinajstić information content (AvgIpc) is 2.29. The summed E-state index contributed by atoms with van der Waals surface area (Å²) in [5.74, 6) is 0. The molecule has 0 aliphatic carbocycles. The van der Waals surface area contributed by atoms with Gasteiger partial charge in [-0.05, 0) is 36.2 Å². The molecule has 0 saturated carbocycles. The minimum Gasteiger partial charge on any atom is -0.264 e. The molecule has 0 radical (unpaired) electrons. The van der Waals surface area contributed by atoms with Crippen LogP contribution in [0.4, 0.5) is 13.2 Å². The molecular formula is C13H10F3N. The van der Waals surface area contributed by atoms with Crippen LogP contribution in [-0.4, -0.2) is 4.98 Å². The highest BCUT2D eigenvalue weighted by molar-refractivity contribution is 5.67. The van der Waals surface area contributed by atoms with E-state index in [-0.39, 0.29) is 0 Å². The Morgan fingerprint density at radius 1 is 1.12 bits per heavy atom. The lowest BCUT2D eigenvalue weighted by atomic mass is 9.99. The van der Waals surface area contributed by atoms with Crippen molar-refractivity contribution in [3.63, 3.8) is 0 Å². The lowest BCUT2D eigenvalue weighted by Crippen LogP contribution is -2.05. The van der Waals surface area contributed by atoms with E-state index >= 15 is 0 Å². The Morgan fingerprint density at radius 2 is 1.88 bits per heavy atom. The van der Waals surface area contributed by atoms with Gasteiger partial charge in [0.05, 0.1) is 5.56 Å². The zero-order chi connectivity index (χ0) is 12.5. The molecule has 0 aliphatic rings. The number of pyridine rings is 1. The number of rotatable bonds is 1. The van der Waals surface area contributed by atoms with Gasteiger partial charge in [-0.15, -0.1) is 0 Å². The van der Waals surface area contributed by atoms with Crippen molar-refractivity contribution in [2.24, 2.45) is 0 Å². The topological polar surface area (TPSA) is 12.9 Å². The summed E-state index contributed by atoms with van der Waals surface area (Å²) in [7, 11) is 0. The number of alkyl halides is 3. The zero-order valence-corrected chi connectivity index (χ0v) is 9.12. The fraction of sp³-hybridized carbons (Fsp3) is 0.154. The molecule has 1 aromatic heterocycles. The molecule has 0 saturated heterocycles. The highest BCUT2D eigenvalue weighted by Gasteiger charge is 2.30. The van der Waals surface area contributed by atoms with Crippen LogP contribution in [0.3, 0.4) is 0 Å². The van der Waals surface area contributed by atoms with Crippen LogP contribution in [0.2, 0.25) is 0 Å². The number of halogens is 3. The van der Waals surface area contributed by atoms with Gasteiger partial charge in [0.15, 0.2) is 0 Å². The molecule has 0 bridgehead atoms. The predicted molar refractivity (Wildman–Crippen MR) is 59.4 cm³/mol. The lowest BCUT2D eigenvalue weighted by molar-refractivity contribution is -0.137. The van der Waals surface area contributed by atoms with Crippen molar-refractivity contribution in [2.45, 2.75) is 13.1 Å². The molecule has 0 N–H and O–H groups in total. The van der Waals surface area contributed by atoms with Gasteiger partial charge in [-0.1, -0.05) is 12.1 Å². The number of aryl methyl sites for hydroxylation is 1. The lowest BCUT2D eigenvalue weighted by Gasteiger charge is -2.11. The van der Waals surface area contributed by atoms with Crippen molar-refractivity contribution in [1.82, 2.24) is 4.98 Å². The number of aromatic nitrogens is 1. The molecule has 1 heterocycles. The van der Waals surface area contributed by atoms with E-state index < -0.39 is 11.7 Å². The van der Waals surface area contributed by atoms with E-state index in [1.165, 1.54) is 6.07 Å². The molecule has 1 nitrogen and oxygen atoms in total. The number of benzene rings is 1. The molecule has 88 valence electrons. The highest BCUT2D eigenvalue weighted by atomic mass is 19.4. The van der Waals surface area contributed by atoms with Gasteiger partial charge in [0.1, 0.15) is 0 Å². The Balaban J connectivity index is 2.55. The molecule has 4 heteroatoms. The first kappa shape index (κ1) is 11.6. The van der Waals surface area contributed by atoms with Gasteiger partial charge in [-0.25, -0.2) is 0 Å². The van der Waals surface area contributed by atoms with E-state index in [0.717, 1.165) is 17.7 Å². The first-order chi connectivity index (χ1) is 7.98. The van der Waals surface area contributed by atoms with E-state index in [1.54, 1.807) is 31.5 Å². The summed E-state index contributed by atoms with van der Waals surface area (Å²) in [5.41, 5.74) is 1.41. The standard InChI is InChI=1S/C13H10F3N/c1-9-4-5-11(13(14,15)16)7-12(9)10-3-2-6-17-8-10/h2-8H,1H3. The van der Waals surface area contributed by atoms with Crippen molar-refractivity contribution in [3.05, 3.63) is 53.9 Å². The third-order valence-corrected chi connectivity index (χ3v) is 2.54. The molecule has 2 aromatic rings. The SMILES string of the molecule is Cc1ccc(C(F)(F)F)cc1-c1cccnc1. The van der Waals surface area contributed by atoms with Crippen LogP contribution in [0.15, 0.2) is 42.7 Å². The highest BCUT2D eigenvalue weighted by Crippen LogP contribution is 2.33. The normalized spacial score (nSPS) is 11.5. The Morgan fingerprint density at radius 3 is 2.47 bits per heavy atom. The maximum absolute atomic E-state index is 12.6. The van der Waals surface area contributed by atoms with E-state index in [4.69, 9.17) is 0 Å². The summed E-state index contributed by atoms with van der Waals surface area (Å²) < 4.78 is 37.8. The number of hydrogen-bond acceptors (Lipinski definition) is 1. The van der Waals surface area contributed by atoms with Gasteiger partial charge in [0.25, 0.3) is 0 Å². The van der Waals surface area contributed by atoms with Gasteiger partial charge < -0.3 is 0 Å². The summed E-state index contributed by atoms with van der Waals surface area (Å²) >= 11 is 0. The van der Waals surface area contributed by atoms with Crippen LogP contribution < -0.4 is 0 Å². The van der Waals surface area contributed by atoms with Crippen LogP contribution in [-0.2, 0) is 6.18 Å². The maximum atomic E-state index is 12.6. The number of nitrogens with zero attached hydrogens (tertiary/aromatic N) is 1. The molecule has 0 atom stereocenters. The monoisotopic (exact) mass is 237 g/mol. The molecule has 0 unspecified atom stereocenters. The van der Waals surface area contributed by atoms with Crippen molar-refractivity contribution < 1.29 is 13.2 Å². The van der Waals surface area contributed by atoms with Crippen LogP contribution >= 0.6 is 0 Å². The fourth-order valence-corrected chi connectivity index (χ4v) is 1.63. The largest absolute Gasteiger partial charge is 0.416 e. The van der Waals surface area contributed by atoms with Crippen LogP contribution in [0.25, 0.3) is 11.1 Å². The second kappa shape index (κ2) is 4.20. The van der Waals surface area contributed by atoms with E-state index in [0.29, 0.717) is 11.1 Å². The predicted octanol–water partition coefficient (Wildman–Crippen LogP) is 4.08. The molecule has 0 fully saturated rings. The molecule has 0 amide bonds. The van der Waals surface area contributed by atoms with Gasteiger partial charge in [-0.2, -0.15) is 13.2 Å². The molecule has 17 heavy (non-hydrogen) atoms. The van der Waals surface area contributed by atoms with Crippen LogP contribution in [0.5, 0.6) is 0 Å². The molecule has 1 aromatic carbocycles. The summed E-state index contributed by atoms with van der Waals surface area (Å²) in [6.45, 7) is 1.78. The molecule has 0 aliphatic heterocycles. The van der Waals surface area contributed by atoms with Gasteiger partial charge in [0.2, 0.25) is 0 Å². The zero-order valence-electron chi connectivity index (χ0n) is 9.12. The molecule has 2 rings (SSSR count). The molecular weight excluding hydrogens is 227 g/mol. The first-order valence-corrected chi connectivity index (χ1v) is 5.07. The van der Waals surface area contributed by atoms with Crippen molar-refractivity contribution >= 4 is 0 Å². The second-order valence-electron chi connectivity index (χ2n) is 3.77. The van der Waals surface area contributed by atoms with E-state index in [1.807, 2.05) is 0 Å². The van der Waals surface area contributed by atoms with Crippen molar-refractivity contribution in [2.75, 3.05) is 0 Å². The van der Waals surface area contributed by atoms with Gasteiger partial charge in [-0.3, -0.25) is 4.98 Å².